The van der Waals surface area contributed by atoms with Crippen molar-refractivity contribution in [2.75, 3.05) is 6.54 Å². The third-order valence-corrected chi connectivity index (χ3v) is 10.7. The van der Waals surface area contributed by atoms with Crippen molar-refractivity contribution >= 4 is 11.9 Å². The number of aliphatic carboxylic acids is 1. The van der Waals surface area contributed by atoms with Crippen LogP contribution in [0.1, 0.15) is 85.0 Å². The SMILES string of the molecule is C[C@H](CCC(=O)NCC(=O)[O-])[C@H]1CCC2C3C(O)CC4C[C@H](O)CC[C@]4(C)C3CC[C@@]21C.[Na+]. The molecule has 0 saturated heterocycles. The van der Waals surface area contributed by atoms with E-state index in [1.807, 2.05) is 0 Å². The minimum absolute atomic E-state index is 0. The Hall–Kier alpha value is -0.140. The van der Waals surface area contributed by atoms with Gasteiger partial charge >= 0.3 is 29.6 Å². The fourth-order valence-electron chi connectivity index (χ4n) is 8.99. The fourth-order valence-corrected chi connectivity index (χ4v) is 8.99. The van der Waals surface area contributed by atoms with Crippen LogP contribution in [0.3, 0.4) is 0 Å². The monoisotopic (exact) mass is 471 g/mol. The molecule has 0 radical (unpaired) electrons. The van der Waals surface area contributed by atoms with Gasteiger partial charge in [0.15, 0.2) is 0 Å². The minimum Gasteiger partial charge on any atom is -0.548 e. The first-order valence-corrected chi connectivity index (χ1v) is 12.9. The van der Waals surface area contributed by atoms with Gasteiger partial charge in [-0.2, -0.15) is 0 Å². The number of carboxylic acid groups (broad SMARTS) is 1. The summed E-state index contributed by atoms with van der Waals surface area (Å²) in [6.07, 6.45) is 8.95. The summed E-state index contributed by atoms with van der Waals surface area (Å²) >= 11 is 0. The number of hydrogen-bond acceptors (Lipinski definition) is 5. The average Bonchev–Trinajstić information content (AvgIpc) is 3.09. The predicted octanol–water partition coefficient (Wildman–Crippen LogP) is -0.737. The Kier molecular flexibility index (Phi) is 8.70. The molecule has 4 fully saturated rings. The molecule has 7 heteroatoms. The van der Waals surface area contributed by atoms with E-state index in [0.29, 0.717) is 41.9 Å². The van der Waals surface area contributed by atoms with E-state index in [-0.39, 0.29) is 58.5 Å². The first-order chi connectivity index (χ1) is 15.1. The van der Waals surface area contributed by atoms with Gasteiger partial charge in [-0.15, -0.1) is 0 Å². The van der Waals surface area contributed by atoms with E-state index < -0.39 is 12.5 Å². The summed E-state index contributed by atoms with van der Waals surface area (Å²) in [6, 6.07) is 0. The molecule has 10 atom stereocenters. The fraction of sp³-hybridized carbons (Fsp3) is 0.923. The van der Waals surface area contributed by atoms with E-state index in [9.17, 15) is 24.9 Å². The van der Waals surface area contributed by atoms with E-state index in [1.54, 1.807) is 0 Å². The standard InChI is InChI=1S/C26H43NO5.Na/c1-15(4-7-22(30)27-14-23(31)32)18-5-6-19-24-20(9-11-26(18,19)3)25(2)10-8-17(28)12-16(25)13-21(24)29;/h15-21,24,28-29H,4-14H2,1-3H3,(H,27,30)(H,31,32);/q;+1/p-1/t15-,16?,17-,18-,19?,20?,21?,24?,25+,26-;/m1./s1. The number of aliphatic hydroxyl groups excluding tert-OH is 2. The summed E-state index contributed by atoms with van der Waals surface area (Å²) in [4.78, 5) is 22.6. The van der Waals surface area contributed by atoms with Gasteiger partial charge in [0, 0.05) is 6.42 Å². The number of nitrogens with one attached hydrogen (secondary N) is 1. The van der Waals surface area contributed by atoms with E-state index in [0.717, 1.165) is 51.4 Å². The number of hydrogen-bond donors (Lipinski definition) is 3. The second kappa shape index (κ2) is 10.5. The van der Waals surface area contributed by atoms with Crippen molar-refractivity contribution in [3.05, 3.63) is 0 Å². The normalized spacial score (nSPS) is 45.1. The zero-order valence-electron chi connectivity index (χ0n) is 21.0. The van der Waals surface area contributed by atoms with Gasteiger partial charge < -0.3 is 25.4 Å². The molecule has 182 valence electrons. The van der Waals surface area contributed by atoms with Crippen molar-refractivity contribution in [2.24, 2.45) is 46.3 Å². The van der Waals surface area contributed by atoms with Crippen LogP contribution in [0, 0.1) is 46.3 Å². The Morgan fingerprint density at radius 2 is 1.70 bits per heavy atom. The minimum atomic E-state index is -1.26. The number of fused-ring (bicyclic) bond motifs is 5. The van der Waals surface area contributed by atoms with Gasteiger partial charge in [0.2, 0.25) is 5.91 Å². The molecule has 4 rings (SSSR count). The van der Waals surface area contributed by atoms with Gasteiger partial charge in [0.1, 0.15) is 0 Å². The topological polar surface area (TPSA) is 110 Å². The Bertz CT molecular complexity index is 733. The van der Waals surface area contributed by atoms with Gasteiger partial charge in [-0.05, 0) is 104 Å². The molecule has 3 N–H and O–H groups in total. The zero-order chi connectivity index (χ0) is 23.3. The molecule has 4 saturated carbocycles. The van der Waals surface area contributed by atoms with Crippen LogP contribution in [0.2, 0.25) is 0 Å². The van der Waals surface area contributed by atoms with Crippen molar-refractivity contribution in [1.82, 2.24) is 5.32 Å². The zero-order valence-corrected chi connectivity index (χ0v) is 23.0. The van der Waals surface area contributed by atoms with Crippen LogP contribution in [0.4, 0.5) is 0 Å². The Morgan fingerprint density at radius 3 is 2.39 bits per heavy atom. The molecule has 33 heavy (non-hydrogen) atoms. The van der Waals surface area contributed by atoms with Gasteiger partial charge in [0.05, 0.1) is 24.7 Å². The van der Waals surface area contributed by atoms with Crippen molar-refractivity contribution in [1.29, 1.82) is 0 Å². The van der Waals surface area contributed by atoms with Crippen LogP contribution in [0.25, 0.3) is 0 Å². The molecular weight excluding hydrogens is 429 g/mol. The maximum absolute atomic E-state index is 12.0. The Labute approximate surface area is 221 Å². The number of carboxylic acids is 1. The average molecular weight is 472 g/mol. The van der Waals surface area contributed by atoms with E-state index in [4.69, 9.17) is 0 Å². The molecule has 0 aromatic heterocycles. The molecule has 6 nitrogen and oxygen atoms in total. The van der Waals surface area contributed by atoms with Crippen molar-refractivity contribution in [3.63, 3.8) is 0 Å². The summed E-state index contributed by atoms with van der Waals surface area (Å²) in [7, 11) is 0. The Balaban J connectivity index is 0.00000306. The Morgan fingerprint density at radius 1 is 1.03 bits per heavy atom. The third kappa shape index (κ3) is 5.07. The molecule has 0 spiro atoms. The summed E-state index contributed by atoms with van der Waals surface area (Å²) in [5.74, 6) is 1.31. The summed E-state index contributed by atoms with van der Waals surface area (Å²) in [5.41, 5.74) is 0.436. The van der Waals surface area contributed by atoms with Crippen molar-refractivity contribution in [2.45, 2.75) is 97.2 Å². The third-order valence-electron chi connectivity index (χ3n) is 10.7. The maximum Gasteiger partial charge on any atom is 1.00 e. The quantitative estimate of drug-likeness (QED) is 0.442. The second-order valence-corrected chi connectivity index (χ2v) is 12.1. The molecule has 0 bridgehead atoms. The second-order valence-electron chi connectivity index (χ2n) is 12.1. The van der Waals surface area contributed by atoms with E-state index in [1.165, 1.54) is 6.42 Å². The molecule has 0 heterocycles. The van der Waals surface area contributed by atoms with Crippen LogP contribution in [0.15, 0.2) is 0 Å². The molecule has 4 aliphatic carbocycles. The van der Waals surface area contributed by atoms with Gasteiger partial charge in [0.25, 0.3) is 0 Å². The number of carbonyl (C=O) groups is 2. The molecular formula is C26H42NNaO5. The summed E-state index contributed by atoms with van der Waals surface area (Å²) in [6.45, 7) is 6.70. The molecule has 0 aromatic rings. The molecule has 5 unspecified atom stereocenters. The van der Waals surface area contributed by atoms with Crippen LogP contribution >= 0.6 is 0 Å². The number of aliphatic hydroxyl groups is 2. The van der Waals surface area contributed by atoms with E-state index >= 15 is 0 Å². The van der Waals surface area contributed by atoms with Crippen LogP contribution in [-0.2, 0) is 9.59 Å². The smallest absolute Gasteiger partial charge is 0.548 e. The molecule has 4 aliphatic rings. The van der Waals surface area contributed by atoms with Crippen LogP contribution in [0.5, 0.6) is 0 Å². The maximum atomic E-state index is 12.0. The van der Waals surface area contributed by atoms with E-state index in [2.05, 4.69) is 26.1 Å². The number of carbonyl (C=O) groups excluding carboxylic acids is 2. The van der Waals surface area contributed by atoms with Gasteiger partial charge in [-0.1, -0.05) is 20.8 Å². The van der Waals surface area contributed by atoms with Gasteiger partial charge in [-0.3, -0.25) is 4.79 Å². The van der Waals surface area contributed by atoms with Gasteiger partial charge in [-0.25, -0.2) is 0 Å². The summed E-state index contributed by atoms with van der Waals surface area (Å²) < 4.78 is 0. The first kappa shape index (κ1) is 27.4. The number of rotatable bonds is 6. The van der Waals surface area contributed by atoms with Crippen molar-refractivity contribution < 1.29 is 54.5 Å². The largest absolute Gasteiger partial charge is 1.00 e. The van der Waals surface area contributed by atoms with Crippen molar-refractivity contribution in [3.8, 4) is 0 Å². The molecule has 0 aliphatic heterocycles. The first-order valence-electron chi connectivity index (χ1n) is 12.9. The predicted molar refractivity (Wildman–Crippen MR) is 119 cm³/mol. The molecule has 1 amide bonds. The number of amides is 1. The van der Waals surface area contributed by atoms with Crippen LogP contribution < -0.4 is 40.0 Å². The molecule has 0 aromatic carbocycles. The van der Waals surface area contributed by atoms with Crippen LogP contribution in [-0.4, -0.2) is 40.8 Å². The summed E-state index contributed by atoms with van der Waals surface area (Å²) in [5, 5.41) is 34.5.